The van der Waals surface area contributed by atoms with E-state index >= 15 is 0 Å². The minimum Gasteiger partial charge on any atom is -0.326 e. The Kier molecular flexibility index (Phi) is 3.75. The van der Waals surface area contributed by atoms with Gasteiger partial charge >= 0.3 is 0 Å². The van der Waals surface area contributed by atoms with E-state index in [2.05, 4.69) is 26.3 Å². The first-order chi connectivity index (χ1) is 8.88. The van der Waals surface area contributed by atoms with Gasteiger partial charge in [0.25, 0.3) is 0 Å². The number of nitrogens with zero attached hydrogens (tertiary/aromatic N) is 3. The van der Waals surface area contributed by atoms with E-state index in [0.717, 1.165) is 23.4 Å². The summed E-state index contributed by atoms with van der Waals surface area (Å²) < 4.78 is 2.27. The van der Waals surface area contributed by atoms with Gasteiger partial charge in [-0.2, -0.15) is 11.8 Å². The molecule has 0 spiro atoms. The molecule has 3 nitrogen and oxygen atoms in total. The number of hydrogen-bond acceptors (Lipinski definition) is 3. The van der Waals surface area contributed by atoms with Crippen LogP contribution in [0, 0.1) is 0 Å². The van der Waals surface area contributed by atoms with Crippen molar-refractivity contribution < 1.29 is 0 Å². The normalized spacial score (nSPS) is 20.4. The number of halogens is 1. The topological polar surface area (TPSA) is 30.7 Å². The second-order valence-corrected chi connectivity index (χ2v) is 6.30. The smallest absolute Gasteiger partial charge is 0.124 e. The van der Waals surface area contributed by atoms with Gasteiger partial charge in [0.05, 0.1) is 17.6 Å². The standard InChI is InChI=1S/C13H16ClN3S/c14-7-13-16-11-8-15-5-4-12(11)17(13)9-10-3-1-2-6-18-10/h4-5,8,10H,1-3,6-7,9H2. The van der Waals surface area contributed by atoms with Gasteiger partial charge in [0.2, 0.25) is 0 Å². The monoisotopic (exact) mass is 281 g/mol. The molecule has 3 heterocycles. The fourth-order valence-corrected chi connectivity index (χ4v) is 3.99. The van der Waals surface area contributed by atoms with Crippen molar-refractivity contribution in [2.24, 2.45) is 0 Å². The zero-order valence-electron chi connectivity index (χ0n) is 10.2. The maximum absolute atomic E-state index is 6.01. The number of thioether (sulfide) groups is 1. The maximum Gasteiger partial charge on any atom is 0.124 e. The third-order valence-electron chi connectivity index (χ3n) is 3.41. The quantitative estimate of drug-likeness (QED) is 0.808. The highest BCUT2D eigenvalue weighted by atomic mass is 35.5. The number of imidazole rings is 1. The van der Waals surface area contributed by atoms with Crippen molar-refractivity contribution in [2.75, 3.05) is 5.75 Å². The Hall–Kier alpha value is -0.740. The molecule has 0 radical (unpaired) electrons. The minimum atomic E-state index is 0.464. The Morgan fingerprint density at radius 3 is 3.17 bits per heavy atom. The molecule has 1 fully saturated rings. The van der Waals surface area contributed by atoms with E-state index in [1.54, 1.807) is 0 Å². The molecule has 0 aromatic carbocycles. The molecule has 0 N–H and O–H groups in total. The Bertz CT molecular complexity index is 534. The summed E-state index contributed by atoms with van der Waals surface area (Å²) in [4.78, 5) is 8.68. The number of alkyl halides is 1. The number of fused-ring (bicyclic) bond motifs is 1. The Morgan fingerprint density at radius 1 is 1.44 bits per heavy atom. The number of aromatic nitrogens is 3. The van der Waals surface area contributed by atoms with Gasteiger partial charge in [0.15, 0.2) is 0 Å². The van der Waals surface area contributed by atoms with Crippen molar-refractivity contribution in [3.05, 3.63) is 24.3 Å². The summed E-state index contributed by atoms with van der Waals surface area (Å²) in [7, 11) is 0. The van der Waals surface area contributed by atoms with Gasteiger partial charge in [-0.1, -0.05) is 6.42 Å². The number of hydrogen-bond donors (Lipinski definition) is 0. The SMILES string of the molecule is ClCc1nc2cnccc2n1CC1CCCCS1. The second kappa shape index (κ2) is 5.49. The highest BCUT2D eigenvalue weighted by Gasteiger charge is 2.18. The van der Waals surface area contributed by atoms with Crippen molar-refractivity contribution >= 4 is 34.4 Å². The van der Waals surface area contributed by atoms with E-state index in [4.69, 9.17) is 11.6 Å². The summed E-state index contributed by atoms with van der Waals surface area (Å²) in [6.45, 7) is 1.02. The third-order valence-corrected chi connectivity index (χ3v) is 5.03. The lowest BCUT2D eigenvalue weighted by molar-refractivity contribution is 0.582. The lowest BCUT2D eigenvalue weighted by Gasteiger charge is -2.22. The third kappa shape index (κ3) is 2.36. The molecule has 96 valence electrons. The summed E-state index contributed by atoms with van der Waals surface area (Å²) in [6, 6.07) is 2.03. The van der Waals surface area contributed by atoms with Crippen molar-refractivity contribution in [1.29, 1.82) is 0 Å². The molecule has 1 aliphatic rings. The average Bonchev–Trinajstić information content (AvgIpc) is 2.78. The molecule has 0 amide bonds. The van der Waals surface area contributed by atoms with E-state index in [0.29, 0.717) is 11.1 Å². The van der Waals surface area contributed by atoms with Crippen molar-refractivity contribution in [3.63, 3.8) is 0 Å². The molecule has 0 saturated carbocycles. The van der Waals surface area contributed by atoms with Crippen molar-refractivity contribution in [3.8, 4) is 0 Å². The van der Waals surface area contributed by atoms with E-state index < -0.39 is 0 Å². The predicted molar refractivity (Wildman–Crippen MR) is 77.2 cm³/mol. The molecular formula is C13H16ClN3S. The maximum atomic E-state index is 6.01. The van der Waals surface area contributed by atoms with Crippen LogP contribution in [0.2, 0.25) is 0 Å². The number of pyridine rings is 1. The Balaban J connectivity index is 1.93. The van der Waals surface area contributed by atoms with Gasteiger partial charge in [0, 0.05) is 18.0 Å². The highest BCUT2D eigenvalue weighted by Crippen LogP contribution is 2.28. The van der Waals surface area contributed by atoms with Gasteiger partial charge in [-0.15, -0.1) is 11.6 Å². The lowest BCUT2D eigenvalue weighted by Crippen LogP contribution is -2.18. The molecule has 0 bridgehead atoms. The predicted octanol–water partition coefficient (Wildman–Crippen LogP) is 3.46. The van der Waals surface area contributed by atoms with Crippen LogP contribution in [-0.2, 0) is 12.4 Å². The summed E-state index contributed by atoms with van der Waals surface area (Å²) in [5.41, 5.74) is 2.11. The van der Waals surface area contributed by atoms with Crippen molar-refractivity contribution in [2.45, 2.75) is 36.9 Å². The molecule has 2 aromatic heterocycles. The first-order valence-electron chi connectivity index (χ1n) is 6.35. The van der Waals surface area contributed by atoms with Gasteiger partial charge in [-0.3, -0.25) is 4.98 Å². The molecular weight excluding hydrogens is 266 g/mol. The van der Waals surface area contributed by atoms with E-state index in [1.807, 2.05) is 18.5 Å². The molecule has 3 rings (SSSR count). The lowest BCUT2D eigenvalue weighted by atomic mass is 10.2. The van der Waals surface area contributed by atoms with Crippen LogP contribution in [-0.4, -0.2) is 25.5 Å². The zero-order chi connectivity index (χ0) is 12.4. The van der Waals surface area contributed by atoms with Crippen LogP contribution >= 0.6 is 23.4 Å². The van der Waals surface area contributed by atoms with E-state index in [9.17, 15) is 0 Å². The van der Waals surface area contributed by atoms with Crippen LogP contribution in [0.5, 0.6) is 0 Å². The van der Waals surface area contributed by atoms with Gasteiger partial charge < -0.3 is 4.57 Å². The largest absolute Gasteiger partial charge is 0.326 e. The van der Waals surface area contributed by atoms with Crippen LogP contribution in [0.15, 0.2) is 18.5 Å². The fraction of sp³-hybridized carbons (Fsp3) is 0.538. The van der Waals surface area contributed by atoms with Crippen LogP contribution in [0.25, 0.3) is 11.0 Å². The molecule has 0 aliphatic carbocycles. The molecule has 18 heavy (non-hydrogen) atoms. The zero-order valence-corrected chi connectivity index (χ0v) is 11.8. The number of rotatable bonds is 3. The second-order valence-electron chi connectivity index (χ2n) is 4.63. The van der Waals surface area contributed by atoms with Crippen LogP contribution < -0.4 is 0 Å². The molecule has 2 aromatic rings. The van der Waals surface area contributed by atoms with Crippen molar-refractivity contribution in [1.82, 2.24) is 14.5 Å². The van der Waals surface area contributed by atoms with Gasteiger partial charge in [0.1, 0.15) is 11.3 Å². The van der Waals surface area contributed by atoms with E-state index in [-0.39, 0.29) is 0 Å². The van der Waals surface area contributed by atoms with Gasteiger partial charge in [-0.05, 0) is 24.7 Å². The summed E-state index contributed by atoms with van der Waals surface area (Å²) in [5, 5.41) is 0.700. The summed E-state index contributed by atoms with van der Waals surface area (Å²) in [5.74, 6) is 2.71. The van der Waals surface area contributed by atoms with E-state index in [1.165, 1.54) is 25.0 Å². The first kappa shape index (κ1) is 12.3. The summed E-state index contributed by atoms with van der Waals surface area (Å²) in [6.07, 6.45) is 7.65. The molecule has 1 saturated heterocycles. The highest BCUT2D eigenvalue weighted by molar-refractivity contribution is 7.99. The van der Waals surface area contributed by atoms with Gasteiger partial charge in [-0.25, -0.2) is 4.98 Å². The molecule has 1 atom stereocenters. The van der Waals surface area contributed by atoms with Crippen LogP contribution in [0.4, 0.5) is 0 Å². The minimum absolute atomic E-state index is 0.464. The Morgan fingerprint density at radius 2 is 2.39 bits per heavy atom. The van der Waals surface area contributed by atoms with Crippen LogP contribution in [0.3, 0.4) is 0 Å². The molecule has 5 heteroatoms. The average molecular weight is 282 g/mol. The molecule has 1 aliphatic heterocycles. The molecule has 1 unspecified atom stereocenters. The first-order valence-corrected chi connectivity index (χ1v) is 7.93. The van der Waals surface area contributed by atoms with Crippen LogP contribution in [0.1, 0.15) is 25.1 Å². The fourth-order valence-electron chi connectivity index (χ4n) is 2.49. The summed E-state index contributed by atoms with van der Waals surface area (Å²) >= 11 is 8.09. The Labute approximate surface area is 116 Å².